The van der Waals surface area contributed by atoms with Gasteiger partial charge in [0, 0.05) is 22.6 Å². The van der Waals surface area contributed by atoms with Crippen LogP contribution in [-0.2, 0) is 45.3 Å². The fraction of sp³-hybridized carbons (Fsp3) is 0.308. The zero-order valence-electron chi connectivity index (χ0n) is 13.0. The smallest absolute Gasteiger partial charge is 0 e. The molecule has 1 rings (SSSR count). The van der Waals surface area contributed by atoms with Crippen LogP contribution in [0.25, 0.3) is 0 Å². The number of carbonyl (C=O) groups excluding carboxylic acids is 1. The van der Waals surface area contributed by atoms with Crippen molar-refractivity contribution in [1.82, 2.24) is 0 Å². The SMILES string of the molecule is COC(=O)CC1=C[CH+]C(OC)=CC1.[C-]#[O+].[C-]#[O+].[C-]#[O+].[Fe].[O-][Cl+3]([O-])([O-])[O-]. The molecule has 25 heavy (non-hydrogen) atoms. The molecule has 0 heterocycles. The van der Waals surface area contributed by atoms with Crippen LogP contribution in [0, 0.1) is 36.6 Å². The van der Waals surface area contributed by atoms with Crippen LogP contribution in [-0.4, -0.2) is 20.2 Å². The van der Waals surface area contributed by atoms with Crippen molar-refractivity contribution in [2.75, 3.05) is 14.2 Å². The third kappa shape index (κ3) is 34.7. The average Bonchev–Trinajstić information content (AvgIpc) is 2.59. The Hall–Kier alpha value is -1.51. The quantitative estimate of drug-likeness (QED) is 0.198. The number of esters is 1. The van der Waals surface area contributed by atoms with Crippen molar-refractivity contribution in [3.8, 4) is 0 Å². The van der Waals surface area contributed by atoms with Crippen LogP contribution in [0.3, 0.4) is 0 Å². The molecule has 0 aromatic carbocycles. The largest absolute Gasteiger partial charge is 0.222 e. The van der Waals surface area contributed by atoms with Crippen molar-refractivity contribution in [1.29, 1.82) is 0 Å². The van der Waals surface area contributed by atoms with Gasteiger partial charge < -0.3 is 9.47 Å². The standard InChI is InChI=1S/C10H13O3.3CO.ClHO4.Fe/c1-12-9-5-3-8(4-6-9)7-10(11)13-2;3*1-2;2-1(3,4)5;/h3,5-6H,4,7H2,1-2H3;;;;(H,2,3,4,5);/q+1;;;;;/p-1. The second-order valence-electron chi connectivity index (χ2n) is 3.14. The summed E-state index contributed by atoms with van der Waals surface area (Å²) < 4.78 is 66.0. The zero-order chi connectivity index (χ0) is 20.2. The van der Waals surface area contributed by atoms with Gasteiger partial charge in [-0.3, -0.25) is 4.79 Å². The van der Waals surface area contributed by atoms with Crippen LogP contribution in [0.15, 0.2) is 23.5 Å². The summed E-state index contributed by atoms with van der Waals surface area (Å²) in [7, 11) is -1.92. The van der Waals surface area contributed by atoms with Gasteiger partial charge in [0.2, 0.25) is 5.76 Å². The van der Waals surface area contributed by atoms with Gasteiger partial charge in [0.15, 0.2) is 0 Å². The predicted molar refractivity (Wildman–Crippen MR) is 60.5 cm³/mol. The average molecular weight is 421 g/mol. The first kappa shape index (κ1) is 34.8. The number of allylic oxidation sites excluding steroid dienone is 2. The van der Waals surface area contributed by atoms with E-state index in [-0.39, 0.29) is 23.0 Å². The number of hydrogen-bond acceptors (Lipinski definition) is 7. The Morgan fingerprint density at radius 2 is 1.56 bits per heavy atom. The number of halogens is 1. The van der Waals surface area contributed by atoms with Gasteiger partial charge in [-0.2, -0.15) is 0 Å². The first-order valence-electron chi connectivity index (χ1n) is 5.33. The topological polar surface area (TPSA) is 187 Å². The first-order chi connectivity index (χ1) is 11.3. The van der Waals surface area contributed by atoms with Crippen LogP contribution in [0.4, 0.5) is 0 Å². The van der Waals surface area contributed by atoms with Crippen LogP contribution in [0.5, 0.6) is 0 Å². The van der Waals surface area contributed by atoms with Gasteiger partial charge in [0.25, 0.3) is 0 Å². The molecule has 0 saturated carbocycles. The first-order valence-corrected chi connectivity index (χ1v) is 6.56. The molecule has 0 unspecified atom stereocenters. The molecular weight excluding hydrogens is 407 g/mol. The molecule has 0 aliphatic heterocycles. The molecule has 0 N–H and O–H groups in total. The minimum atomic E-state index is -4.94. The van der Waals surface area contributed by atoms with E-state index in [0.29, 0.717) is 6.42 Å². The summed E-state index contributed by atoms with van der Waals surface area (Å²) in [6, 6.07) is 0. The number of carbonyl (C=O) groups is 1. The molecule has 0 aromatic heterocycles. The summed E-state index contributed by atoms with van der Waals surface area (Å²) in [5, 5.41) is 0. The molecule has 0 atom stereocenters. The molecule has 0 bridgehead atoms. The zero-order valence-corrected chi connectivity index (χ0v) is 14.8. The summed E-state index contributed by atoms with van der Waals surface area (Å²) in [6.45, 7) is 13.5. The summed E-state index contributed by atoms with van der Waals surface area (Å²) in [5.74, 6) is 0.641. The summed E-state index contributed by atoms with van der Waals surface area (Å²) in [6.07, 6.45) is 6.81. The monoisotopic (exact) mass is 420 g/mol. The fourth-order valence-electron chi connectivity index (χ4n) is 1.11. The van der Waals surface area contributed by atoms with Crippen LogP contribution in [0.1, 0.15) is 12.8 Å². The van der Waals surface area contributed by atoms with Gasteiger partial charge in [-0.1, -0.05) is 0 Å². The third-order valence-corrected chi connectivity index (χ3v) is 1.88. The maximum Gasteiger partial charge on any atom is 0 e. The molecule has 0 fully saturated rings. The summed E-state index contributed by atoms with van der Waals surface area (Å²) >= 11 is 0. The van der Waals surface area contributed by atoms with E-state index in [9.17, 15) is 4.79 Å². The maximum atomic E-state index is 10.9. The Morgan fingerprint density at radius 3 is 1.80 bits per heavy atom. The number of ether oxygens (including phenoxy) is 2. The van der Waals surface area contributed by atoms with Crippen molar-refractivity contribution in [3.63, 3.8) is 0 Å². The Morgan fingerprint density at radius 1 is 1.16 bits per heavy atom. The second-order valence-corrected chi connectivity index (χ2v) is 3.89. The van der Waals surface area contributed by atoms with E-state index < -0.39 is 10.2 Å². The van der Waals surface area contributed by atoms with E-state index in [1.807, 2.05) is 18.6 Å². The Bertz CT molecular complexity index is 428. The minimum absolute atomic E-state index is 0. The molecule has 0 saturated heterocycles. The van der Waals surface area contributed by atoms with Crippen molar-refractivity contribution in [2.45, 2.75) is 12.8 Å². The van der Waals surface area contributed by atoms with E-state index in [1.54, 1.807) is 7.11 Å². The van der Waals surface area contributed by atoms with E-state index >= 15 is 0 Å². The van der Waals surface area contributed by atoms with Crippen LogP contribution < -0.4 is 18.6 Å². The minimum Gasteiger partial charge on any atom is -0.222 e. The molecule has 0 amide bonds. The van der Waals surface area contributed by atoms with E-state index in [2.05, 4.69) is 24.7 Å². The second kappa shape index (κ2) is 24.7. The molecule has 140 valence electrons. The maximum absolute atomic E-state index is 10.9. The molecule has 1 aliphatic rings. The Labute approximate surface area is 157 Å². The normalized spacial score (nSPS) is 10.6. The molecule has 10 nitrogen and oxygen atoms in total. The van der Waals surface area contributed by atoms with Gasteiger partial charge in [0.05, 0.1) is 39.2 Å². The molecule has 0 radical (unpaired) electrons. The summed E-state index contributed by atoms with van der Waals surface area (Å²) in [4.78, 5) is 10.9. The number of hydrogen-bond donors (Lipinski definition) is 0. The van der Waals surface area contributed by atoms with Crippen molar-refractivity contribution in [3.05, 3.63) is 49.9 Å². The van der Waals surface area contributed by atoms with Gasteiger partial charge in [0.1, 0.15) is 6.42 Å². The van der Waals surface area contributed by atoms with Gasteiger partial charge >= 0.3 is 39.9 Å². The van der Waals surface area contributed by atoms with E-state index in [1.165, 1.54) is 7.11 Å². The number of methoxy groups -OCH3 is 2. The van der Waals surface area contributed by atoms with E-state index in [4.69, 9.17) is 37.3 Å². The van der Waals surface area contributed by atoms with Crippen LogP contribution >= 0.6 is 0 Å². The fourth-order valence-corrected chi connectivity index (χ4v) is 1.11. The molecule has 0 aromatic rings. The van der Waals surface area contributed by atoms with Gasteiger partial charge in [-0.25, -0.2) is 18.6 Å². The molecule has 0 spiro atoms. The molecule has 12 heteroatoms. The Kier molecular flexibility index (Phi) is 34.4. The molecule has 1 aliphatic carbocycles. The number of rotatable bonds is 3. The van der Waals surface area contributed by atoms with Crippen molar-refractivity contribution in [2.24, 2.45) is 0 Å². The van der Waals surface area contributed by atoms with Crippen molar-refractivity contribution >= 4 is 5.97 Å². The van der Waals surface area contributed by atoms with Gasteiger partial charge in [-0.15, -0.1) is 10.2 Å². The van der Waals surface area contributed by atoms with Crippen molar-refractivity contribution < 1.29 is 74.2 Å². The van der Waals surface area contributed by atoms with Crippen LogP contribution in [0.2, 0.25) is 0 Å². The Balaban J connectivity index is -0.0000000943. The third-order valence-electron chi connectivity index (χ3n) is 1.88. The van der Waals surface area contributed by atoms with E-state index in [0.717, 1.165) is 17.8 Å². The van der Waals surface area contributed by atoms with Gasteiger partial charge in [-0.05, 0) is 0 Å². The molecular formula is C13H13ClFeO10. The summed E-state index contributed by atoms with van der Waals surface area (Å²) in [5.41, 5.74) is 1.05. The predicted octanol–water partition coefficient (Wildman–Crippen LogP) is -3.26.